The fourth-order valence-corrected chi connectivity index (χ4v) is 3.40. The van der Waals surface area contributed by atoms with Gasteiger partial charge in [0.05, 0.1) is 5.69 Å². The van der Waals surface area contributed by atoms with Crippen molar-refractivity contribution >= 4 is 11.8 Å². The summed E-state index contributed by atoms with van der Waals surface area (Å²) in [6.07, 6.45) is 0. The zero-order valence-corrected chi connectivity index (χ0v) is 13.7. The number of tetrazole rings is 1. The third-order valence-electron chi connectivity index (χ3n) is 3.64. The van der Waals surface area contributed by atoms with E-state index < -0.39 is 0 Å². The second-order valence-electron chi connectivity index (χ2n) is 5.28. The molecule has 0 amide bonds. The van der Waals surface area contributed by atoms with Gasteiger partial charge in [0.25, 0.3) is 0 Å². The molecule has 5 heteroatoms. The van der Waals surface area contributed by atoms with E-state index in [0.29, 0.717) is 0 Å². The maximum atomic E-state index is 4.21. The molecule has 0 bridgehead atoms. The summed E-state index contributed by atoms with van der Waals surface area (Å²) in [5, 5.41) is 13.4. The molecule has 0 aliphatic heterocycles. The monoisotopic (exact) mass is 310 g/mol. The number of aryl methyl sites for hydroxylation is 2. The van der Waals surface area contributed by atoms with E-state index in [1.165, 1.54) is 16.7 Å². The highest BCUT2D eigenvalue weighted by atomic mass is 32.2. The zero-order chi connectivity index (χ0) is 15.5. The van der Waals surface area contributed by atoms with Gasteiger partial charge in [0.2, 0.25) is 5.16 Å². The molecule has 0 radical (unpaired) electrons. The average molecular weight is 310 g/mol. The quantitative estimate of drug-likeness (QED) is 0.680. The van der Waals surface area contributed by atoms with Gasteiger partial charge in [0, 0.05) is 5.25 Å². The van der Waals surface area contributed by atoms with Gasteiger partial charge in [-0.2, -0.15) is 4.68 Å². The topological polar surface area (TPSA) is 43.6 Å². The van der Waals surface area contributed by atoms with Crippen molar-refractivity contribution in [3.8, 4) is 5.69 Å². The van der Waals surface area contributed by atoms with Gasteiger partial charge in [-0.25, -0.2) is 0 Å². The van der Waals surface area contributed by atoms with Crippen LogP contribution in [0.1, 0.15) is 28.9 Å². The number of para-hydroxylation sites is 1. The van der Waals surface area contributed by atoms with E-state index in [1.54, 1.807) is 11.8 Å². The van der Waals surface area contributed by atoms with Gasteiger partial charge in [-0.15, -0.1) is 5.10 Å². The molecule has 3 aromatic rings. The van der Waals surface area contributed by atoms with Crippen molar-refractivity contribution in [1.29, 1.82) is 0 Å². The Labute approximate surface area is 134 Å². The SMILES string of the molecule is Cc1cccc(C)c1-n1nnnc1S[C@H](C)c1ccccc1. The highest BCUT2D eigenvalue weighted by Gasteiger charge is 2.16. The molecule has 0 fully saturated rings. The molecule has 4 nitrogen and oxygen atoms in total. The lowest BCUT2D eigenvalue weighted by molar-refractivity contribution is 0.746. The Morgan fingerprint density at radius 3 is 2.32 bits per heavy atom. The first kappa shape index (κ1) is 14.8. The molecule has 22 heavy (non-hydrogen) atoms. The summed E-state index contributed by atoms with van der Waals surface area (Å²) in [5.74, 6) is 0. The normalized spacial score (nSPS) is 12.3. The molecule has 0 N–H and O–H groups in total. The van der Waals surface area contributed by atoms with Gasteiger partial charge < -0.3 is 0 Å². The van der Waals surface area contributed by atoms with Crippen LogP contribution < -0.4 is 0 Å². The minimum absolute atomic E-state index is 0.287. The van der Waals surface area contributed by atoms with Gasteiger partial charge in [0.15, 0.2) is 0 Å². The van der Waals surface area contributed by atoms with Crippen LogP contribution in [0.25, 0.3) is 5.69 Å². The largest absolute Gasteiger partial charge is 0.214 e. The summed E-state index contributed by atoms with van der Waals surface area (Å²) >= 11 is 1.67. The standard InChI is InChI=1S/C17H18N4S/c1-12-8-7-9-13(2)16(12)21-17(18-19-20-21)22-14(3)15-10-5-4-6-11-15/h4-11,14H,1-3H3/t14-/m1/s1. The molecule has 112 valence electrons. The first-order valence-electron chi connectivity index (χ1n) is 7.23. The summed E-state index contributed by atoms with van der Waals surface area (Å²) in [4.78, 5) is 0. The molecular weight excluding hydrogens is 292 g/mol. The summed E-state index contributed by atoms with van der Waals surface area (Å²) in [5.41, 5.74) is 4.67. The molecule has 0 saturated carbocycles. The minimum atomic E-state index is 0.287. The maximum Gasteiger partial charge on any atom is 0.214 e. The second-order valence-corrected chi connectivity index (χ2v) is 6.59. The van der Waals surface area contributed by atoms with Crippen molar-refractivity contribution in [2.24, 2.45) is 0 Å². The lowest BCUT2D eigenvalue weighted by Gasteiger charge is -2.13. The summed E-state index contributed by atoms with van der Waals surface area (Å²) < 4.78 is 1.84. The van der Waals surface area contributed by atoms with E-state index in [9.17, 15) is 0 Å². The highest BCUT2D eigenvalue weighted by Crippen LogP contribution is 2.34. The Balaban J connectivity index is 1.93. The van der Waals surface area contributed by atoms with Crippen molar-refractivity contribution in [1.82, 2.24) is 20.2 Å². The van der Waals surface area contributed by atoms with Crippen molar-refractivity contribution in [3.63, 3.8) is 0 Å². The van der Waals surface area contributed by atoms with E-state index in [1.807, 2.05) is 10.7 Å². The van der Waals surface area contributed by atoms with Crippen molar-refractivity contribution in [2.75, 3.05) is 0 Å². The zero-order valence-electron chi connectivity index (χ0n) is 12.9. The third kappa shape index (κ3) is 2.90. The van der Waals surface area contributed by atoms with E-state index >= 15 is 0 Å². The van der Waals surface area contributed by atoms with Crippen molar-refractivity contribution in [3.05, 3.63) is 65.2 Å². The number of rotatable bonds is 4. The number of benzene rings is 2. The average Bonchev–Trinajstić information content (AvgIpc) is 2.96. The van der Waals surface area contributed by atoms with Crippen LogP contribution >= 0.6 is 11.8 Å². The highest BCUT2D eigenvalue weighted by molar-refractivity contribution is 7.99. The van der Waals surface area contributed by atoms with Gasteiger partial charge in [-0.05, 0) is 47.9 Å². The Morgan fingerprint density at radius 2 is 1.64 bits per heavy atom. The van der Waals surface area contributed by atoms with Crippen LogP contribution in [0.5, 0.6) is 0 Å². The van der Waals surface area contributed by atoms with Gasteiger partial charge in [-0.3, -0.25) is 0 Å². The lowest BCUT2D eigenvalue weighted by Crippen LogP contribution is -2.04. The van der Waals surface area contributed by atoms with E-state index in [0.717, 1.165) is 10.8 Å². The maximum absolute atomic E-state index is 4.21. The molecule has 0 saturated heterocycles. The number of aromatic nitrogens is 4. The molecule has 1 atom stereocenters. The van der Waals surface area contributed by atoms with Gasteiger partial charge in [-0.1, -0.05) is 60.3 Å². The van der Waals surface area contributed by atoms with Crippen LogP contribution in [0.15, 0.2) is 53.7 Å². The van der Waals surface area contributed by atoms with E-state index in [4.69, 9.17) is 0 Å². The van der Waals surface area contributed by atoms with Crippen LogP contribution in [0.4, 0.5) is 0 Å². The third-order valence-corrected chi connectivity index (χ3v) is 4.73. The van der Waals surface area contributed by atoms with Crippen LogP contribution in [0.3, 0.4) is 0 Å². The van der Waals surface area contributed by atoms with Crippen molar-refractivity contribution < 1.29 is 0 Å². The van der Waals surface area contributed by atoms with Crippen LogP contribution in [-0.4, -0.2) is 20.2 Å². The number of thioether (sulfide) groups is 1. The van der Waals surface area contributed by atoms with E-state index in [-0.39, 0.29) is 5.25 Å². The Morgan fingerprint density at radius 1 is 0.955 bits per heavy atom. The molecule has 0 spiro atoms. The summed E-state index contributed by atoms with van der Waals surface area (Å²) in [6.45, 7) is 6.34. The van der Waals surface area contributed by atoms with Crippen LogP contribution in [0.2, 0.25) is 0 Å². The number of hydrogen-bond donors (Lipinski definition) is 0. The molecule has 0 aliphatic rings. The Bertz CT molecular complexity index is 747. The minimum Gasteiger partial charge on any atom is -0.187 e. The molecule has 2 aromatic carbocycles. The van der Waals surface area contributed by atoms with Crippen LogP contribution in [-0.2, 0) is 0 Å². The van der Waals surface area contributed by atoms with Gasteiger partial charge in [0.1, 0.15) is 0 Å². The Kier molecular flexibility index (Phi) is 4.24. The first-order valence-corrected chi connectivity index (χ1v) is 8.11. The summed E-state index contributed by atoms with van der Waals surface area (Å²) in [6, 6.07) is 16.6. The Hall–Kier alpha value is -2.14. The lowest BCUT2D eigenvalue weighted by atomic mass is 10.1. The fraction of sp³-hybridized carbons (Fsp3) is 0.235. The molecule has 0 aliphatic carbocycles. The predicted molar refractivity (Wildman–Crippen MR) is 89.3 cm³/mol. The molecule has 0 unspecified atom stereocenters. The molecule has 1 aromatic heterocycles. The molecule has 1 heterocycles. The molecular formula is C17H18N4S. The van der Waals surface area contributed by atoms with Crippen LogP contribution in [0, 0.1) is 13.8 Å². The molecule has 3 rings (SSSR count). The van der Waals surface area contributed by atoms with E-state index in [2.05, 4.69) is 78.8 Å². The van der Waals surface area contributed by atoms with Crippen molar-refractivity contribution in [2.45, 2.75) is 31.2 Å². The van der Waals surface area contributed by atoms with Gasteiger partial charge >= 0.3 is 0 Å². The second kappa shape index (κ2) is 6.32. The predicted octanol–water partition coefficient (Wildman–Crippen LogP) is 4.13. The number of hydrogen-bond acceptors (Lipinski definition) is 4. The fourth-order valence-electron chi connectivity index (χ4n) is 2.48. The number of nitrogens with zero attached hydrogens (tertiary/aromatic N) is 4. The summed E-state index contributed by atoms with van der Waals surface area (Å²) in [7, 11) is 0. The smallest absolute Gasteiger partial charge is 0.187 e. The first-order chi connectivity index (χ1) is 10.7.